The van der Waals surface area contributed by atoms with Crippen LogP contribution in [0.25, 0.3) is 10.8 Å². The number of thioether (sulfide) groups is 1. The third-order valence-electron chi connectivity index (χ3n) is 4.14. The molecule has 4 aromatic rings. The molecule has 152 valence electrons. The van der Waals surface area contributed by atoms with E-state index < -0.39 is 0 Å². The molecule has 5 nitrogen and oxygen atoms in total. The smallest absolute Gasteiger partial charge is 0.264 e. The third kappa shape index (κ3) is 5.23. The molecule has 0 saturated carbocycles. The van der Waals surface area contributed by atoms with Crippen LogP contribution >= 0.6 is 46.3 Å². The highest BCUT2D eigenvalue weighted by Crippen LogP contribution is 2.31. The number of carbonyl (C=O) groups excluding carboxylic acids is 1. The van der Waals surface area contributed by atoms with Gasteiger partial charge in [-0.25, -0.2) is 0 Å². The fraction of sp³-hybridized carbons (Fsp3) is 0.0952. The van der Waals surface area contributed by atoms with E-state index in [0.29, 0.717) is 20.9 Å². The van der Waals surface area contributed by atoms with Gasteiger partial charge in [0.25, 0.3) is 5.91 Å². The summed E-state index contributed by atoms with van der Waals surface area (Å²) in [5.74, 6) is 0.810. The first kappa shape index (κ1) is 20.9. The van der Waals surface area contributed by atoms with Gasteiger partial charge in [-0.2, -0.15) is 0 Å². The number of anilines is 1. The minimum atomic E-state index is -0.345. The summed E-state index contributed by atoms with van der Waals surface area (Å²) in [5.41, 5.74) is 1.23. The molecule has 0 saturated heterocycles. The lowest BCUT2D eigenvalue weighted by atomic mass is 10.1. The molecular formula is C21H15Cl2N3O2S2. The van der Waals surface area contributed by atoms with Crippen molar-refractivity contribution in [3.8, 4) is 5.75 Å². The van der Waals surface area contributed by atoms with Crippen LogP contribution in [-0.4, -0.2) is 22.7 Å². The van der Waals surface area contributed by atoms with Gasteiger partial charge in [-0.1, -0.05) is 88.8 Å². The van der Waals surface area contributed by atoms with Crippen molar-refractivity contribution in [2.24, 2.45) is 0 Å². The molecular weight excluding hydrogens is 461 g/mol. The van der Waals surface area contributed by atoms with Crippen molar-refractivity contribution < 1.29 is 9.53 Å². The number of aromatic nitrogens is 2. The standard InChI is InChI=1S/C21H15Cl2N3O2S2/c22-15-8-9-18(17(23)10-15)28-11-19(27)24-20-25-26-21(30-20)29-12-14-6-3-5-13-4-1-2-7-16(13)14/h1-10H,11-12H2,(H,24,25,27). The Morgan fingerprint density at radius 2 is 1.90 bits per heavy atom. The van der Waals surface area contributed by atoms with E-state index in [2.05, 4.69) is 45.8 Å². The molecule has 0 aliphatic carbocycles. The minimum Gasteiger partial charge on any atom is -0.482 e. The van der Waals surface area contributed by atoms with Crippen LogP contribution in [0.4, 0.5) is 5.13 Å². The van der Waals surface area contributed by atoms with Gasteiger partial charge >= 0.3 is 0 Å². The first-order valence-electron chi connectivity index (χ1n) is 8.89. The van der Waals surface area contributed by atoms with E-state index in [1.807, 2.05) is 12.1 Å². The van der Waals surface area contributed by atoms with Crippen molar-refractivity contribution in [3.05, 3.63) is 76.3 Å². The zero-order chi connectivity index (χ0) is 20.9. The second-order valence-electron chi connectivity index (χ2n) is 6.21. The van der Waals surface area contributed by atoms with Crippen LogP contribution in [0, 0.1) is 0 Å². The van der Waals surface area contributed by atoms with Crippen LogP contribution in [0.15, 0.2) is 65.0 Å². The predicted molar refractivity (Wildman–Crippen MR) is 124 cm³/mol. The number of nitrogens with one attached hydrogen (secondary N) is 1. The van der Waals surface area contributed by atoms with Crippen molar-refractivity contribution in [2.75, 3.05) is 11.9 Å². The summed E-state index contributed by atoms with van der Waals surface area (Å²) in [4.78, 5) is 12.1. The van der Waals surface area contributed by atoms with Crippen LogP contribution in [0.3, 0.4) is 0 Å². The number of hydrogen-bond donors (Lipinski definition) is 1. The second-order valence-corrected chi connectivity index (χ2v) is 9.26. The third-order valence-corrected chi connectivity index (χ3v) is 6.69. The predicted octanol–water partition coefficient (Wildman–Crippen LogP) is 6.31. The number of fused-ring (bicyclic) bond motifs is 1. The number of rotatable bonds is 7. The number of carbonyl (C=O) groups is 1. The lowest BCUT2D eigenvalue weighted by Crippen LogP contribution is -2.20. The molecule has 1 amide bonds. The van der Waals surface area contributed by atoms with Gasteiger partial charge in [0.15, 0.2) is 10.9 Å². The molecule has 0 bridgehead atoms. The molecule has 1 N–H and O–H groups in total. The van der Waals surface area contributed by atoms with Crippen molar-refractivity contribution in [3.63, 3.8) is 0 Å². The molecule has 30 heavy (non-hydrogen) atoms. The molecule has 0 spiro atoms. The molecule has 9 heteroatoms. The molecule has 1 heterocycles. The topological polar surface area (TPSA) is 64.1 Å². The number of ether oxygens (including phenoxy) is 1. The first-order chi connectivity index (χ1) is 14.6. The summed E-state index contributed by atoms with van der Waals surface area (Å²) in [5, 5.41) is 14.6. The molecule has 0 radical (unpaired) electrons. The lowest BCUT2D eigenvalue weighted by molar-refractivity contribution is -0.118. The Labute approximate surface area is 191 Å². The minimum absolute atomic E-state index is 0.195. The quantitative estimate of drug-likeness (QED) is 0.250. The maximum atomic E-state index is 12.1. The van der Waals surface area contributed by atoms with Crippen LogP contribution in [0.1, 0.15) is 5.56 Å². The Hall–Kier alpha value is -2.32. The molecule has 1 aromatic heterocycles. The molecule has 4 rings (SSSR count). The van der Waals surface area contributed by atoms with Gasteiger partial charge in [0.2, 0.25) is 5.13 Å². The van der Waals surface area contributed by atoms with Gasteiger partial charge in [-0.05, 0) is 34.5 Å². The van der Waals surface area contributed by atoms with E-state index in [1.54, 1.807) is 30.0 Å². The zero-order valence-electron chi connectivity index (χ0n) is 15.5. The fourth-order valence-electron chi connectivity index (χ4n) is 2.77. The van der Waals surface area contributed by atoms with Crippen molar-refractivity contribution in [1.82, 2.24) is 10.2 Å². The Morgan fingerprint density at radius 1 is 1.07 bits per heavy atom. The zero-order valence-corrected chi connectivity index (χ0v) is 18.6. The average Bonchev–Trinajstić information content (AvgIpc) is 3.18. The molecule has 0 aliphatic heterocycles. The summed E-state index contributed by atoms with van der Waals surface area (Å²) < 4.78 is 6.21. The lowest BCUT2D eigenvalue weighted by Gasteiger charge is -2.07. The van der Waals surface area contributed by atoms with Crippen molar-refractivity contribution in [1.29, 1.82) is 0 Å². The summed E-state index contributed by atoms with van der Waals surface area (Å²) in [6.07, 6.45) is 0. The Balaban J connectivity index is 1.32. The average molecular weight is 476 g/mol. The maximum Gasteiger partial charge on any atom is 0.264 e. The van der Waals surface area contributed by atoms with Crippen molar-refractivity contribution in [2.45, 2.75) is 10.1 Å². The second kappa shape index (κ2) is 9.66. The number of halogens is 2. The van der Waals surface area contributed by atoms with Gasteiger partial charge < -0.3 is 4.74 Å². The summed E-state index contributed by atoms with van der Waals surface area (Å²) >= 11 is 14.8. The molecule has 0 aliphatic rings. The van der Waals surface area contributed by atoms with Crippen LogP contribution < -0.4 is 10.1 Å². The highest BCUT2D eigenvalue weighted by molar-refractivity contribution is 8.00. The summed E-state index contributed by atoms with van der Waals surface area (Å²) in [7, 11) is 0. The molecule has 3 aromatic carbocycles. The summed E-state index contributed by atoms with van der Waals surface area (Å²) in [6.45, 7) is -0.195. The Morgan fingerprint density at radius 3 is 2.77 bits per heavy atom. The summed E-state index contributed by atoms with van der Waals surface area (Å²) in [6, 6.07) is 19.4. The van der Waals surface area contributed by atoms with Gasteiger partial charge in [-0.15, -0.1) is 10.2 Å². The van der Waals surface area contributed by atoms with E-state index >= 15 is 0 Å². The number of amides is 1. The molecule has 0 fully saturated rings. The maximum absolute atomic E-state index is 12.1. The van der Waals surface area contributed by atoms with Crippen LogP contribution in [0.2, 0.25) is 10.0 Å². The molecule has 0 unspecified atom stereocenters. The number of benzene rings is 3. The molecule has 0 atom stereocenters. The van der Waals surface area contributed by atoms with Crippen LogP contribution in [-0.2, 0) is 10.5 Å². The van der Waals surface area contributed by atoms with E-state index in [1.165, 1.54) is 27.7 Å². The van der Waals surface area contributed by atoms with Crippen molar-refractivity contribution >= 4 is 68.1 Å². The van der Waals surface area contributed by atoms with Crippen LogP contribution in [0.5, 0.6) is 5.75 Å². The van der Waals surface area contributed by atoms with E-state index in [4.69, 9.17) is 27.9 Å². The van der Waals surface area contributed by atoms with Gasteiger partial charge in [0.1, 0.15) is 5.75 Å². The van der Waals surface area contributed by atoms with E-state index in [-0.39, 0.29) is 12.5 Å². The Kier molecular flexibility index (Phi) is 6.74. The highest BCUT2D eigenvalue weighted by Gasteiger charge is 2.11. The van der Waals surface area contributed by atoms with Gasteiger partial charge in [0.05, 0.1) is 5.02 Å². The Bertz CT molecular complexity index is 1190. The normalized spacial score (nSPS) is 10.9. The van der Waals surface area contributed by atoms with Gasteiger partial charge in [-0.3, -0.25) is 10.1 Å². The monoisotopic (exact) mass is 475 g/mol. The van der Waals surface area contributed by atoms with E-state index in [9.17, 15) is 4.79 Å². The van der Waals surface area contributed by atoms with Gasteiger partial charge in [0, 0.05) is 10.8 Å². The first-order valence-corrected chi connectivity index (χ1v) is 11.4. The highest BCUT2D eigenvalue weighted by atomic mass is 35.5. The largest absolute Gasteiger partial charge is 0.482 e. The number of hydrogen-bond acceptors (Lipinski definition) is 6. The number of nitrogens with zero attached hydrogens (tertiary/aromatic N) is 2. The van der Waals surface area contributed by atoms with E-state index in [0.717, 1.165) is 10.1 Å². The fourth-order valence-corrected chi connectivity index (χ4v) is 5.00. The SMILES string of the molecule is O=C(COc1ccc(Cl)cc1Cl)Nc1nnc(SCc2cccc3ccccc23)s1.